The lowest BCUT2D eigenvalue weighted by atomic mass is 10.1. The highest BCUT2D eigenvalue weighted by Gasteiger charge is 2.16. The zero-order chi connectivity index (χ0) is 21.3. The quantitative estimate of drug-likeness (QED) is 0.373. The van der Waals surface area contributed by atoms with Gasteiger partial charge in [-0.2, -0.15) is 0 Å². The monoisotopic (exact) mass is 502 g/mol. The van der Waals surface area contributed by atoms with Gasteiger partial charge in [-0.15, -0.1) is 0 Å². The van der Waals surface area contributed by atoms with Gasteiger partial charge >= 0.3 is 11.9 Å². The lowest BCUT2D eigenvalue weighted by Gasteiger charge is -2.12. The average Bonchev–Trinajstić information content (AvgIpc) is 2.95. The molecule has 3 aromatic rings. The minimum atomic E-state index is -1.17. The van der Waals surface area contributed by atoms with E-state index in [0.717, 1.165) is 34.3 Å². The Morgan fingerprint density at radius 2 is 1.59 bits per heavy atom. The smallest absolute Gasteiger partial charge is 0.335 e. The number of carboxylic acid groups (broad SMARTS) is 2. The summed E-state index contributed by atoms with van der Waals surface area (Å²) in [5, 5.41) is 18.7. The molecule has 0 aliphatic rings. The molecule has 0 atom stereocenters. The molecule has 3 rings (SSSR count). The molecule has 0 saturated carbocycles. The van der Waals surface area contributed by atoms with Crippen LogP contribution in [0, 0.1) is 24.3 Å². The van der Waals surface area contributed by atoms with Crippen molar-refractivity contribution in [2.75, 3.05) is 0 Å². The molecule has 0 unspecified atom stereocenters. The second-order valence-corrected chi connectivity index (χ2v) is 7.89. The molecule has 2 N–H and O–H groups in total. The summed E-state index contributed by atoms with van der Waals surface area (Å²) in [6, 6.07) is 12.0. The molecule has 1 aromatic heterocycles. The van der Waals surface area contributed by atoms with Crippen LogP contribution in [0.5, 0.6) is 0 Å². The van der Waals surface area contributed by atoms with E-state index in [0.29, 0.717) is 5.69 Å². The standard InChI is InChI=1S/C22H19IN2O4/c1-12-6-18(4-5-20(12)23)24-11-17-7-13(2)25(14(17)3)19-9-15(21(26)27)8-16(10-19)22(28)29/h4-11H,1-3H3,(H,26,27)(H,28,29). The Bertz CT molecular complexity index is 1130. The molecule has 0 spiro atoms. The van der Waals surface area contributed by atoms with Crippen LogP contribution in [0.1, 0.15) is 43.2 Å². The second-order valence-electron chi connectivity index (χ2n) is 6.73. The predicted octanol–water partition coefficient (Wildman–Crippen LogP) is 5.15. The first-order valence-corrected chi connectivity index (χ1v) is 9.86. The van der Waals surface area contributed by atoms with Crippen LogP contribution in [-0.4, -0.2) is 32.9 Å². The van der Waals surface area contributed by atoms with E-state index in [1.54, 1.807) is 6.21 Å². The van der Waals surface area contributed by atoms with Crippen LogP contribution in [-0.2, 0) is 0 Å². The summed E-state index contributed by atoms with van der Waals surface area (Å²) in [6.45, 7) is 5.80. The molecule has 0 radical (unpaired) electrons. The van der Waals surface area contributed by atoms with Crippen molar-refractivity contribution in [1.82, 2.24) is 4.57 Å². The van der Waals surface area contributed by atoms with Crippen LogP contribution in [0.25, 0.3) is 5.69 Å². The van der Waals surface area contributed by atoms with Crippen LogP contribution in [0.15, 0.2) is 47.5 Å². The maximum absolute atomic E-state index is 11.4. The first-order valence-electron chi connectivity index (χ1n) is 8.78. The summed E-state index contributed by atoms with van der Waals surface area (Å²) >= 11 is 2.28. The maximum atomic E-state index is 11.4. The van der Waals surface area contributed by atoms with E-state index in [-0.39, 0.29) is 11.1 Å². The first-order chi connectivity index (χ1) is 13.7. The largest absolute Gasteiger partial charge is 0.478 e. The van der Waals surface area contributed by atoms with Crippen molar-refractivity contribution in [3.05, 3.63) is 79.7 Å². The summed E-state index contributed by atoms with van der Waals surface area (Å²) in [5.41, 5.74) is 4.90. The summed E-state index contributed by atoms with van der Waals surface area (Å²) in [6.07, 6.45) is 1.76. The van der Waals surface area contributed by atoms with E-state index in [2.05, 4.69) is 27.6 Å². The van der Waals surface area contributed by atoms with Gasteiger partial charge in [0.15, 0.2) is 0 Å². The molecule has 0 aliphatic heterocycles. The fraction of sp³-hybridized carbons (Fsp3) is 0.136. The van der Waals surface area contributed by atoms with Gasteiger partial charge in [0, 0.05) is 32.4 Å². The van der Waals surface area contributed by atoms with Gasteiger partial charge in [0.1, 0.15) is 0 Å². The van der Waals surface area contributed by atoms with Crippen molar-refractivity contribution in [2.45, 2.75) is 20.8 Å². The van der Waals surface area contributed by atoms with E-state index < -0.39 is 11.9 Å². The van der Waals surface area contributed by atoms with Crippen molar-refractivity contribution >= 4 is 46.4 Å². The normalized spacial score (nSPS) is 11.2. The van der Waals surface area contributed by atoms with Crippen LogP contribution in [0.2, 0.25) is 0 Å². The number of aromatic carboxylic acids is 2. The van der Waals surface area contributed by atoms with Crippen LogP contribution >= 0.6 is 22.6 Å². The molecular formula is C22H19IN2O4. The molecular weight excluding hydrogens is 483 g/mol. The Morgan fingerprint density at radius 3 is 2.14 bits per heavy atom. The highest BCUT2D eigenvalue weighted by molar-refractivity contribution is 14.1. The topological polar surface area (TPSA) is 91.9 Å². The molecule has 2 aromatic carbocycles. The highest BCUT2D eigenvalue weighted by Crippen LogP contribution is 2.24. The number of halogens is 1. The molecule has 29 heavy (non-hydrogen) atoms. The number of rotatable bonds is 5. The average molecular weight is 502 g/mol. The molecule has 148 valence electrons. The molecule has 0 saturated heterocycles. The molecule has 7 heteroatoms. The number of aliphatic imine (C=N–C) groups is 1. The number of hydrogen-bond acceptors (Lipinski definition) is 3. The minimum Gasteiger partial charge on any atom is -0.478 e. The number of aryl methyl sites for hydroxylation is 2. The number of benzene rings is 2. The second kappa shape index (κ2) is 8.20. The molecule has 1 heterocycles. The molecule has 0 amide bonds. The Balaban J connectivity index is 2.06. The SMILES string of the molecule is Cc1cc(N=Cc2cc(C)n(-c3cc(C(=O)O)cc(C(=O)O)c3)c2C)ccc1I. The van der Waals surface area contributed by atoms with Crippen molar-refractivity contribution in [2.24, 2.45) is 4.99 Å². The third kappa shape index (κ3) is 4.40. The lowest BCUT2D eigenvalue weighted by molar-refractivity contribution is 0.0696. The van der Waals surface area contributed by atoms with Gasteiger partial charge in [-0.3, -0.25) is 4.99 Å². The van der Waals surface area contributed by atoms with Crippen molar-refractivity contribution in [3.8, 4) is 5.69 Å². The molecule has 0 bridgehead atoms. The third-order valence-electron chi connectivity index (χ3n) is 4.63. The Hall–Kier alpha value is -2.94. The minimum absolute atomic E-state index is 0.0722. The number of nitrogens with zero attached hydrogens (tertiary/aromatic N) is 2. The van der Waals surface area contributed by atoms with E-state index in [4.69, 9.17) is 0 Å². The fourth-order valence-electron chi connectivity index (χ4n) is 3.16. The van der Waals surface area contributed by atoms with Gasteiger partial charge in [0.2, 0.25) is 0 Å². The molecule has 6 nitrogen and oxygen atoms in total. The van der Waals surface area contributed by atoms with E-state index in [9.17, 15) is 19.8 Å². The Morgan fingerprint density at radius 1 is 0.966 bits per heavy atom. The number of aromatic nitrogens is 1. The maximum Gasteiger partial charge on any atom is 0.335 e. The number of hydrogen-bond donors (Lipinski definition) is 2. The first kappa shape index (κ1) is 20.8. The van der Waals surface area contributed by atoms with Gasteiger partial charge in [0.25, 0.3) is 0 Å². The van der Waals surface area contributed by atoms with Gasteiger partial charge in [-0.05, 0) is 91.4 Å². The predicted molar refractivity (Wildman–Crippen MR) is 120 cm³/mol. The lowest BCUT2D eigenvalue weighted by Crippen LogP contribution is -2.07. The summed E-state index contributed by atoms with van der Waals surface area (Å²) in [7, 11) is 0. The van der Waals surface area contributed by atoms with E-state index in [1.165, 1.54) is 15.7 Å². The van der Waals surface area contributed by atoms with Crippen LogP contribution in [0.4, 0.5) is 5.69 Å². The Kier molecular flexibility index (Phi) is 5.88. The van der Waals surface area contributed by atoms with E-state index >= 15 is 0 Å². The fourth-order valence-corrected chi connectivity index (χ4v) is 3.49. The summed E-state index contributed by atoms with van der Waals surface area (Å²) in [5.74, 6) is -2.35. The van der Waals surface area contributed by atoms with Gasteiger partial charge < -0.3 is 14.8 Å². The van der Waals surface area contributed by atoms with Crippen molar-refractivity contribution in [3.63, 3.8) is 0 Å². The molecule has 0 aliphatic carbocycles. The van der Waals surface area contributed by atoms with Gasteiger partial charge in [-0.1, -0.05) is 0 Å². The molecule has 0 fully saturated rings. The summed E-state index contributed by atoms with van der Waals surface area (Å²) < 4.78 is 3.01. The number of carbonyl (C=O) groups is 2. The van der Waals surface area contributed by atoms with E-state index in [1.807, 2.05) is 49.6 Å². The van der Waals surface area contributed by atoms with Crippen LogP contribution in [0.3, 0.4) is 0 Å². The Labute approximate surface area is 181 Å². The summed E-state index contributed by atoms with van der Waals surface area (Å²) in [4.78, 5) is 27.4. The zero-order valence-corrected chi connectivity index (χ0v) is 18.3. The zero-order valence-electron chi connectivity index (χ0n) is 16.1. The highest BCUT2D eigenvalue weighted by atomic mass is 127. The van der Waals surface area contributed by atoms with Gasteiger partial charge in [-0.25, -0.2) is 9.59 Å². The third-order valence-corrected chi connectivity index (χ3v) is 5.84. The van der Waals surface area contributed by atoms with Gasteiger partial charge in [0.05, 0.1) is 16.8 Å². The van der Waals surface area contributed by atoms with Crippen molar-refractivity contribution in [1.29, 1.82) is 0 Å². The number of carboxylic acids is 2. The van der Waals surface area contributed by atoms with Crippen molar-refractivity contribution < 1.29 is 19.8 Å². The van der Waals surface area contributed by atoms with Crippen LogP contribution < -0.4 is 0 Å².